The SMILES string of the molecule is Clc1cccc2c1CN=C(NC1CCc3ccccc31)N2. The Morgan fingerprint density at radius 1 is 1.14 bits per heavy atom. The second kappa shape index (κ2) is 5.08. The van der Waals surface area contributed by atoms with Crippen molar-refractivity contribution in [1.29, 1.82) is 0 Å². The van der Waals surface area contributed by atoms with E-state index in [-0.39, 0.29) is 0 Å². The number of fused-ring (bicyclic) bond motifs is 2. The predicted molar refractivity (Wildman–Crippen MR) is 86.9 cm³/mol. The zero-order valence-electron chi connectivity index (χ0n) is 11.6. The van der Waals surface area contributed by atoms with Crippen LogP contribution in [0.25, 0.3) is 0 Å². The van der Waals surface area contributed by atoms with Gasteiger partial charge in [0, 0.05) is 16.3 Å². The molecule has 0 amide bonds. The third kappa shape index (κ3) is 2.28. The number of benzene rings is 2. The van der Waals surface area contributed by atoms with Gasteiger partial charge in [-0.15, -0.1) is 0 Å². The number of aliphatic imine (C=N–C) groups is 1. The largest absolute Gasteiger partial charge is 0.349 e. The molecule has 106 valence electrons. The van der Waals surface area contributed by atoms with Gasteiger partial charge < -0.3 is 10.6 Å². The number of guanidine groups is 1. The Morgan fingerprint density at radius 2 is 2.05 bits per heavy atom. The fraction of sp³-hybridized carbons (Fsp3) is 0.235. The Kier molecular flexibility index (Phi) is 3.08. The molecular formula is C17H16ClN3. The number of halogens is 1. The first kappa shape index (κ1) is 12.7. The zero-order chi connectivity index (χ0) is 14.2. The molecular weight excluding hydrogens is 282 g/mol. The van der Waals surface area contributed by atoms with E-state index < -0.39 is 0 Å². The number of hydrogen-bond acceptors (Lipinski definition) is 3. The Morgan fingerprint density at radius 3 is 3.00 bits per heavy atom. The van der Waals surface area contributed by atoms with Crippen molar-refractivity contribution in [2.75, 3.05) is 5.32 Å². The number of nitrogens with one attached hydrogen (secondary N) is 2. The summed E-state index contributed by atoms with van der Waals surface area (Å²) < 4.78 is 0. The highest BCUT2D eigenvalue weighted by molar-refractivity contribution is 6.32. The Labute approximate surface area is 129 Å². The summed E-state index contributed by atoms with van der Waals surface area (Å²) >= 11 is 6.20. The molecule has 2 N–H and O–H groups in total. The molecule has 21 heavy (non-hydrogen) atoms. The van der Waals surface area contributed by atoms with Gasteiger partial charge in [-0.25, -0.2) is 4.99 Å². The lowest BCUT2D eigenvalue weighted by Crippen LogP contribution is -2.35. The minimum Gasteiger partial charge on any atom is -0.349 e. The maximum Gasteiger partial charge on any atom is 0.196 e. The molecule has 1 aliphatic heterocycles. The van der Waals surface area contributed by atoms with Crippen molar-refractivity contribution in [3.63, 3.8) is 0 Å². The molecule has 2 aliphatic rings. The van der Waals surface area contributed by atoms with Crippen molar-refractivity contribution in [2.24, 2.45) is 4.99 Å². The van der Waals surface area contributed by atoms with Crippen LogP contribution in [0.5, 0.6) is 0 Å². The standard InChI is InChI=1S/C17H16ClN3/c18-14-6-3-7-15-13(14)10-19-17(20-15)21-16-9-8-11-4-1-2-5-12(11)16/h1-7,16H,8-10H2,(H2,19,20,21). The van der Waals surface area contributed by atoms with Crippen molar-refractivity contribution in [2.45, 2.75) is 25.4 Å². The van der Waals surface area contributed by atoms with Crippen LogP contribution in [0, 0.1) is 0 Å². The van der Waals surface area contributed by atoms with E-state index in [4.69, 9.17) is 11.6 Å². The summed E-state index contributed by atoms with van der Waals surface area (Å²) in [4.78, 5) is 4.58. The Balaban J connectivity index is 1.54. The minimum absolute atomic E-state index is 0.341. The lowest BCUT2D eigenvalue weighted by molar-refractivity contribution is 0.636. The Bertz CT molecular complexity index is 724. The van der Waals surface area contributed by atoms with Gasteiger partial charge in [-0.1, -0.05) is 41.9 Å². The van der Waals surface area contributed by atoms with Crippen LogP contribution in [0.4, 0.5) is 5.69 Å². The van der Waals surface area contributed by atoms with Crippen molar-refractivity contribution in [1.82, 2.24) is 5.32 Å². The number of hydrogen-bond donors (Lipinski definition) is 2. The highest BCUT2D eigenvalue weighted by Gasteiger charge is 2.24. The molecule has 1 unspecified atom stereocenters. The smallest absolute Gasteiger partial charge is 0.196 e. The maximum atomic E-state index is 6.20. The van der Waals surface area contributed by atoms with E-state index in [1.165, 1.54) is 11.1 Å². The van der Waals surface area contributed by atoms with Crippen molar-refractivity contribution < 1.29 is 0 Å². The third-order valence-electron chi connectivity index (χ3n) is 4.21. The second-order valence-electron chi connectivity index (χ2n) is 5.49. The normalized spacial score (nSPS) is 19.3. The maximum absolute atomic E-state index is 6.20. The topological polar surface area (TPSA) is 36.4 Å². The van der Waals surface area contributed by atoms with Crippen LogP contribution in [0.2, 0.25) is 5.02 Å². The van der Waals surface area contributed by atoms with Gasteiger partial charge >= 0.3 is 0 Å². The monoisotopic (exact) mass is 297 g/mol. The lowest BCUT2D eigenvalue weighted by Gasteiger charge is -2.23. The van der Waals surface area contributed by atoms with Crippen LogP contribution < -0.4 is 10.6 Å². The molecule has 2 aromatic rings. The van der Waals surface area contributed by atoms with Gasteiger partial charge in [-0.2, -0.15) is 0 Å². The van der Waals surface area contributed by atoms with Gasteiger partial charge in [0.2, 0.25) is 0 Å². The van der Waals surface area contributed by atoms with Gasteiger partial charge in [-0.3, -0.25) is 0 Å². The van der Waals surface area contributed by atoms with E-state index in [1.807, 2.05) is 18.2 Å². The molecule has 0 aromatic heterocycles. The fourth-order valence-electron chi connectivity index (χ4n) is 3.12. The van der Waals surface area contributed by atoms with Crippen LogP contribution in [-0.4, -0.2) is 5.96 Å². The van der Waals surface area contributed by atoms with E-state index in [0.29, 0.717) is 12.6 Å². The van der Waals surface area contributed by atoms with Crippen LogP contribution >= 0.6 is 11.6 Å². The minimum atomic E-state index is 0.341. The van der Waals surface area contributed by atoms with E-state index >= 15 is 0 Å². The zero-order valence-corrected chi connectivity index (χ0v) is 12.3. The summed E-state index contributed by atoms with van der Waals surface area (Å²) in [6.07, 6.45) is 2.24. The molecule has 4 rings (SSSR count). The summed E-state index contributed by atoms with van der Waals surface area (Å²) in [6.45, 7) is 0.624. The molecule has 1 aliphatic carbocycles. The molecule has 1 heterocycles. The molecule has 0 fully saturated rings. The quantitative estimate of drug-likeness (QED) is 0.837. The lowest BCUT2D eigenvalue weighted by atomic mass is 10.1. The van der Waals surface area contributed by atoms with Crippen LogP contribution in [0.1, 0.15) is 29.2 Å². The number of nitrogens with zero attached hydrogens (tertiary/aromatic N) is 1. The Hall–Kier alpha value is -2.00. The van der Waals surface area contributed by atoms with Gasteiger partial charge in [0.1, 0.15) is 0 Å². The number of aryl methyl sites for hydroxylation is 1. The summed E-state index contributed by atoms with van der Waals surface area (Å²) in [6, 6.07) is 14.9. The van der Waals surface area contributed by atoms with Gasteiger partial charge in [0.15, 0.2) is 5.96 Å². The van der Waals surface area contributed by atoms with E-state index in [1.54, 1.807) is 0 Å². The summed E-state index contributed by atoms with van der Waals surface area (Å²) in [7, 11) is 0. The summed E-state index contributed by atoms with van der Waals surface area (Å²) in [5.74, 6) is 0.839. The van der Waals surface area contributed by atoms with Crippen molar-refractivity contribution >= 4 is 23.2 Å². The van der Waals surface area contributed by atoms with Crippen LogP contribution in [0.15, 0.2) is 47.5 Å². The van der Waals surface area contributed by atoms with E-state index in [9.17, 15) is 0 Å². The highest BCUT2D eigenvalue weighted by Crippen LogP contribution is 2.32. The summed E-state index contributed by atoms with van der Waals surface area (Å²) in [5.41, 5.74) is 4.94. The molecule has 0 saturated carbocycles. The van der Waals surface area contributed by atoms with E-state index in [2.05, 4.69) is 39.9 Å². The molecule has 0 radical (unpaired) electrons. The number of rotatable bonds is 1. The average molecular weight is 298 g/mol. The predicted octanol–water partition coefficient (Wildman–Crippen LogP) is 3.90. The van der Waals surface area contributed by atoms with Gasteiger partial charge in [0.25, 0.3) is 0 Å². The highest BCUT2D eigenvalue weighted by atomic mass is 35.5. The molecule has 0 spiro atoms. The number of anilines is 1. The average Bonchev–Trinajstić information content (AvgIpc) is 2.91. The second-order valence-corrected chi connectivity index (χ2v) is 5.90. The molecule has 1 atom stereocenters. The van der Waals surface area contributed by atoms with Gasteiger partial charge in [0.05, 0.1) is 12.6 Å². The fourth-order valence-corrected chi connectivity index (χ4v) is 3.35. The first-order chi connectivity index (χ1) is 10.3. The van der Waals surface area contributed by atoms with Crippen LogP contribution in [0.3, 0.4) is 0 Å². The molecule has 3 nitrogen and oxygen atoms in total. The van der Waals surface area contributed by atoms with E-state index in [0.717, 1.165) is 35.1 Å². The molecule has 0 bridgehead atoms. The molecule has 0 saturated heterocycles. The molecule has 4 heteroatoms. The summed E-state index contributed by atoms with van der Waals surface area (Å²) in [5, 5.41) is 7.65. The molecule has 2 aromatic carbocycles. The first-order valence-corrected chi connectivity index (χ1v) is 7.62. The van der Waals surface area contributed by atoms with Crippen molar-refractivity contribution in [3.8, 4) is 0 Å². The third-order valence-corrected chi connectivity index (χ3v) is 4.57. The van der Waals surface area contributed by atoms with Gasteiger partial charge in [-0.05, 0) is 36.1 Å². The first-order valence-electron chi connectivity index (χ1n) is 7.24. The van der Waals surface area contributed by atoms with Crippen LogP contribution in [-0.2, 0) is 13.0 Å². The van der Waals surface area contributed by atoms with Crippen molar-refractivity contribution in [3.05, 3.63) is 64.2 Å².